The fourth-order valence-electron chi connectivity index (χ4n) is 2.16. The van der Waals surface area contributed by atoms with Crippen molar-refractivity contribution in [2.45, 2.75) is 24.8 Å². The smallest absolute Gasteiger partial charge is 0.337 e. The van der Waals surface area contributed by atoms with Crippen LogP contribution < -0.4 is 10.6 Å². The molecule has 0 radical (unpaired) electrons. The van der Waals surface area contributed by atoms with Crippen LogP contribution in [0.15, 0.2) is 24.3 Å². The van der Waals surface area contributed by atoms with Gasteiger partial charge in [0.1, 0.15) is 0 Å². The number of likely N-dealkylation sites (N-methyl/N-ethyl adjacent to an activating group) is 1. The lowest BCUT2D eigenvalue weighted by atomic mass is 9.76. The van der Waals surface area contributed by atoms with Crippen LogP contribution in [-0.2, 0) is 4.79 Å². The zero-order valence-corrected chi connectivity index (χ0v) is 10.2. The molecule has 0 saturated heterocycles. The first kappa shape index (κ1) is 12.6. The van der Waals surface area contributed by atoms with Crippen molar-refractivity contribution < 1.29 is 14.7 Å². The van der Waals surface area contributed by atoms with Crippen molar-refractivity contribution >= 4 is 17.6 Å². The molecule has 0 aliphatic heterocycles. The van der Waals surface area contributed by atoms with Crippen LogP contribution >= 0.6 is 0 Å². The van der Waals surface area contributed by atoms with E-state index < -0.39 is 11.5 Å². The lowest BCUT2D eigenvalue weighted by Crippen LogP contribution is -2.59. The number of para-hydroxylation sites is 1. The van der Waals surface area contributed by atoms with E-state index >= 15 is 0 Å². The topological polar surface area (TPSA) is 83.6 Å². The number of carbonyl (C=O) groups excluding carboxylic acids is 1. The molecular weight excluding hydrogens is 232 g/mol. The predicted molar refractivity (Wildman–Crippen MR) is 67.6 cm³/mol. The first-order valence-corrected chi connectivity index (χ1v) is 5.85. The number of benzene rings is 1. The van der Waals surface area contributed by atoms with E-state index in [2.05, 4.69) is 0 Å². The van der Waals surface area contributed by atoms with E-state index in [9.17, 15) is 9.59 Å². The number of amides is 1. The molecule has 0 aromatic heterocycles. The first-order valence-electron chi connectivity index (χ1n) is 5.85. The van der Waals surface area contributed by atoms with Gasteiger partial charge in [0.25, 0.3) is 0 Å². The van der Waals surface area contributed by atoms with Crippen molar-refractivity contribution in [2.75, 3.05) is 11.9 Å². The minimum Gasteiger partial charge on any atom is -0.478 e. The molecule has 1 amide bonds. The first-order chi connectivity index (χ1) is 8.46. The molecule has 0 spiro atoms. The SMILES string of the molecule is CN(C(=O)C1(N)CCC1)c1ccccc1C(=O)O. The summed E-state index contributed by atoms with van der Waals surface area (Å²) in [5, 5.41) is 9.10. The van der Waals surface area contributed by atoms with E-state index in [1.54, 1.807) is 25.2 Å². The third kappa shape index (κ3) is 1.97. The Morgan fingerprint density at radius 2 is 1.94 bits per heavy atom. The maximum atomic E-state index is 12.2. The maximum Gasteiger partial charge on any atom is 0.337 e. The van der Waals surface area contributed by atoms with Gasteiger partial charge in [-0.25, -0.2) is 4.79 Å². The number of carbonyl (C=O) groups is 2. The van der Waals surface area contributed by atoms with Crippen molar-refractivity contribution in [1.29, 1.82) is 0 Å². The van der Waals surface area contributed by atoms with Crippen molar-refractivity contribution in [3.05, 3.63) is 29.8 Å². The number of hydrogen-bond acceptors (Lipinski definition) is 3. The summed E-state index contributed by atoms with van der Waals surface area (Å²) in [6, 6.07) is 6.43. The second-order valence-corrected chi connectivity index (χ2v) is 4.70. The Morgan fingerprint density at radius 3 is 2.44 bits per heavy atom. The van der Waals surface area contributed by atoms with E-state index in [-0.39, 0.29) is 11.5 Å². The number of carboxylic acids is 1. The number of anilines is 1. The number of rotatable bonds is 3. The van der Waals surface area contributed by atoms with E-state index in [1.807, 2.05) is 0 Å². The van der Waals surface area contributed by atoms with Gasteiger partial charge in [-0.2, -0.15) is 0 Å². The van der Waals surface area contributed by atoms with Crippen LogP contribution in [0.3, 0.4) is 0 Å². The van der Waals surface area contributed by atoms with Gasteiger partial charge >= 0.3 is 5.97 Å². The molecule has 0 unspecified atom stereocenters. The Labute approximate surface area is 105 Å². The second-order valence-electron chi connectivity index (χ2n) is 4.70. The molecule has 18 heavy (non-hydrogen) atoms. The van der Waals surface area contributed by atoms with Crippen molar-refractivity contribution in [1.82, 2.24) is 0 Å². The molecule has 96 valence electrons. The van der Waals surface area contributed by atoms with E-state index in [1.165, 1.54) is 11.0 Å². The highest BCUT2D eigenvalue weighted by Gasteiger charge is 2.42. The third-order valence-corrected chi connectivity index (χ3v) is 3.47. The number of nitrogens with two attached hydrogens (primary N) is 1. The zero-order valence-electron chi connectivity index (χ0n) is 10.2. The highest BCUT2D eigenvalue weighted by molar-refractivity contribution is 6.05. The van der Waals surface area contributed by atoms with Gasteiger partial charge in [-0.3, -0.25) is 4.79 Å². The van der Waals surface area contributed by atoms with Crippen LogP contribution in [0.2, 0.25) is 0 Å². The molecule has 0 heterocycles. The molecule has 2 rings (SSSR count). The average Bonchev–Trinajstić information content (AvgIpc) is 2.34. The van der Waals surface area contributed by atoms with Crippen LogP contribution in [0.5, 0.6) is 0 Å². The summed E-state index contributed by atoms with van der Waals surface area (Å²) in [6.07, 6.45) is 2.26. The lowest BCUT2D eigenvalue weighted by molar-refractivity contribution is -0.126. The number of carboxylic acid groups (broad SMARTS) is 1. The monoisotopic (exact) mass is 248 g/mol. The Bertz CT molecular complexity index is 495. The highest BCUT2D eigenvalue weighted by Crippen LogP contribution is 2.32. The van der Waals surface area contributed by atoms with Crippen LogP contribution in [-0.4, -0.2) is 29.6 Å². The van der Waals surface area contributed by atoms with Crippen molar-refractivity contribution in [3.63, 3.8) is 0 Å². The number of aromatic carboxylic acids is 1. The Morgan fingerprint density at radius 1 is 1.33 bits per heavy atom. The van der Waals surface area contributed by atoms with Gasteiger partial charge in [0, 0.05) is 7.05 Å². The summed E-state index contributed by atoms with van der Waals surface area (Å²) in [7, 11) is 1.57. The molecule has 0 atom stereocenters. The summed E-state index contributed by atoms with van der Waals surface area (Å²) >= 11 is 0. The second kappa shape index (κ2) is 4.42. The number of hydrogen-bond donors (Lipinski definition) is 2. The quantitative estimate of drug-likeness (QED) is 0.842. The van der Waals surface area contributed by atoms with Gasteiger partial charge in [-0.15, -0.1) is 0 Å². The maximum absolute atomic E-state index is 12.2. The fourth-order valence-corrected chi connectivity index (χ4v) is 2.16. The highest BCUT2D eigenvalue weighted by atomic mass is 16.4. The molecule has 3 N–H and O–H groups in total. The van der Waals surface area contributed by atoms with Crippen LogP contribution in [0, 0.1) is 0 Å². The van der Waals surface area contributed by atoms with Gasteiger partial charge in [0.05, 0.1) is 16.8 Å². The van der Waals surface area contributed by atoms with Gasteiger partial charge in [-0.05, 0) is 31.4 Å². The molecule has 0 bridgehead atoms. The Hall–Kier alpha value is -1.88. The molecule has 1 aliphatic rings. The third-order valence-electron chi connectivity index (χ3n) is 3.47. The lowest BCUT2D eigenvalue weighted by Gasteiger charge is -2.39. The molecule has 5 nitrogen and oxygen atoms in total. The van der Waals surface area contributed by atoms with Crippen LogP contribution in [0.4, 0.5) is 5.69 Å². The summed E-state index contributed by atoms with van der Waals surface area (Å²) in [5.74, 6) is -1.27. The summed E-state index contributed by atoms with van der Waals surface area (Å²) < 4.78 is 0. The molecule has 1 saturated carbocycles. The molecule has 1 fully saturated rings. The Balaban J connectivity index is 2.31. The summed E-state index contributed by atoms with van der Waals surface area (Å²) in [4.78, 5) is 24.7. The molecule has 1 aromatic rings. The largest absolute Gasteiger partial charge is 0.478 e. The summed E-state index contributed by atoms with van der Waals surface area (Å²) in [5.41, 5.74) is 5.64. The molecule has 5 heteroatoms. The minimum absolute atomic E-state index is 0.108. The predicted octanol–water partition coefficient (Wildman–Crippen LogP) is 1.23. The van der Waals surface area contributed by atoms with E-state index in [0.717, 1.165) is 6.42 Å². The van der Waals surface area contributed by atoms with Gasteiger partial charge in [-0.1, -0.05) is 12.1 Å². The number of nitrogens with zero attached hydrogens (tertiary/aromatic N) is 1. The van der Waals surface area contributed by atoms with Gasteiger partial charge < -0.3 is 15.7 Å². The summed E-state index contributed by atoms with van der Waals surface area (Å²) in [6.45, 7) is 0. The molecule has 1 aliphatic carbocycles. The van der Waals surface area contributed by atoms with E-state index in [4.69, 9.17) is 10.8 Å². The fraction of sp³-hybridized carbons (Fsp3) is 0.385. The zero-order chi connectivity index (χ0) is 13.3. The van der Waals surface area contributed by atoms with Gasteiger partial charge in [0.2, 0.25) is 5.91 Å². The van der Waals surface area contributed by atoms with Crippen LogP contribution in [0.25, 0.3) is 0 Å². The Kier molecular flexibility index (Phi) is 3.09. The van der Waals surface area contributed by atoms with E-state index in [0.29, 0.717) is 18.5 Å². The van der Waals surface area contributed by atoms with Crippen molar-refractivity contribution in [3.8, 4) is 0 Å². The van der Waals surface area contributed by atoms with Crippen LogP contribution in [0.1, 0.15) is 29.6 Å². The molecule has 1 aromatic carbocycles. The van der Waals surface area contributed by atoms with Crippen molar-refractivity contribution in [2.24, 2.45) is 5.73 Å². The minimum atomic E-state index is -1.05. The molecular formula is C13H16N2O3. The normalized spacial score (nSPS) is 16.8. The standard InChI is InChI=1S/C13H16N2O3/c1-15(12(18)13(14)7-4-8-13)10-6-3-2-5-9(10)11(16)17/h2-3,5-6H,4,7-8,14H2,1H3,(H,16,17). The van der Waals surface area contributed by atoms with Gasteiger partial charge in [0.15, 0.2) is 0 Å². The average molecular weight is 248 g/mol.